The molecule has 192 valence electrons. The van der Waals surface area contributed by atoms with Crippen molar-refractivity contribution in [2.75, 3.05) is 11.5 Å². The van der Waals surface area contributed by atoms with Gasteiger partial charge in [0.15, 0.2) is 0 Å². The quantitative estimate of drug-likeness (QED) is 0.442. The summed E-state index contributed by atoms with van der Waals surface area (Å²) in [4.78, 5) is 15.4. The third-order valence-corrected chi connectivity index (χ3v) is 8.55. The second-order valence-corrected chi connectivity index (χ2v) is 10.9. The zero-order chi connectivity index (χ0) is 25.7. The molecule has 1 spiro atoms. The number of amides is 1. The van der Waals surface area contributed by atoms with Crippen LogP contribution < -0.4 is 9.64 Å². The molecule has 1 amide bonds. The topological polar surface area (TPSA) is 59.0 Å². The first kappa shape index (κ1) is 24.2. The summed E-state index contributed by atoms with van der Waals surface area (Å²) < 4.78 is 12.2. The monoisotopic (exact) mass is 497 g/mol. The summed E-state index contributed by atoms with van der Waals surface area (Å²) >= 11 is 0. The highest BCUT2D eigenvalue weighted by atomic mass is 16.5. The van der Waals surface area contributed by atoms with Crippen molar-refractivity contribution in [1.29, 1.82) is 0 Å². The first-order valence-electron chi connectivity index (χ1n) is 13.5. The Balaban J connectivity index is 1.30. The third kappa shape index (κ3) is 4.05. The Morgan fingerprint density at radius 3 is 2.54 bits per heavy atom. The van der Waals surface area contributed by atoms with E-state index in [-0.39, 0.29) is 12.1 Å². The molecular formula is C32H35NO4. The Bertz CT molecular complexity index is 1340. The minimum atomic E-state index is -0.780. The number of hydrogen-bond acceptors (Lipinski definition) is 4. The zero-order valence-corrected chi connectivity index (χ0v) is 21.9. The molecule has 1 saturated heterocycles. The maximum absolute atomic E-state index is 13.5. The van der Waals surface area contributed by atoms with Gasteiger partial charge in [-0.15, -0.1) is 0 Å². The number of anilines is 1. The Labute approximate surface area is 219 Å². The second kappa shape index (κ2) is 9.30. The normalized spacial score (nSPS) is 20.7. The van der Waals surface area contributed by atoms with E-state index in [1.54, 1.807) is 0 Å². The summed E-state index contributed by atoms with van der Waals surface area (Å²) in [5.74, 6) is 1.01. The van der Waals surface area contributed by atoms with Crippen LogP contribution in [0.3, 0.4) is 0 Å². The standard InChI is InChI=1S/C32H35NO4/c1-20-17-27(37-19-23-9-5-4-6-10-23)21(2)22(3)29(20)30(34)24-12-13-26-25(18-24)32(14-15-32)31(35)33(26)28-11-7-8-16-36-28/h4-6,9-10,12-13,17-18,28,30,34H,7-8,11,14-16,19H2,1-3H3. The van der Waals surface area contributed by atoms with Crippen molar-refractivity contribution >= 4 is 11.6 Å². The van der Waals surface area contributed by atoms with E-state index in [0.717, 1.165) is 82.5 Å². The summed E-state index contributed by atoms with van der Waals surface area (Å²) in [6.07, 6.45) is 3.79. The molecule has 37 heavy (non-hydrogen) atoms. The highest BCUT2D eigenvalue weighted by Crippen LogP contribution is 2.58. The van der Waals surface area contributed by atoms with Gasteiger partial charge in [-0.3, -0.25) is 9.69 Å². The fraction of sp³-hybridized carbons (Fsp3) is 0.406. The molecule has 0 radical (unpaired) electrons. The second-order valence-electron chi connectivity index (χ2n) is 10.9. The molecule has 3 aromatic carbocycles. The highest BCUT2D eigenvalue weighted by molar-refractivity contribution is 6.10. The summed E-state index contributed by atoms with van der Waals surface area (Å²) in [5, 5.41) is 11.6. The lowest BCUT2D eigenvalue weighted by atomic mass is 9.88. The van der Waals surface area contributed by atoms with Gasteiger partial charge < -0.3 is 14.6 Å². The zero-order valence-electron chi connectivity index (χ0n) is 21.9. The van der Waals surface area contributed by atoms with Crippen LogP contribution in [0.15, 0.2) is 54.6 Å². The number of nitrogens with zero attached hydrogens (tertiary/aromatic N) is 1. The van der Waals surface area contributed by atoms with E-state index in [1.807, 2.05) is 55.1 Å². The number of aryl methyl sites for hydroxylation is 1. The first-order valence-corrected chi connectivity index (χ1v) is 13.5. The molecular weight excluding hydrogens is 462 g/mol. The Kier molecular flexibility index (Phi) is 6.09. The maximum atomic E-state index is 13.5. The highest BCUT2D eigenvalue weighted by Gasteiger charge is 2.60. The lowest BCUT2D eigenvalue weighted by Gasteiger charge is -2.32. The van der Waals surface area contributed by atoms with E-state index >= 15 is 0 Å². The molecule has 1 N–H and O–H groups in total. The van der Waals surface area contributed by atoms with E-state index in [2.05, 4.69) is 25.1 Å². The van der Waals surface area contributed by atoms with E-state index in [9.17, 15) is 9.90 Å². The van der Waals surface area contributed by atoms with Crippen LogP contribution in [0.2, 0.25) is 0 Å². The first-order chi connectivity index (χ1) is 17.9. The van der Waals surface area contributed by atoms with Gasteiger partial charge in [-0.05, 0) is 110 Å². The summed E-state index contributed by atoms with van der Waals surface area (Å²) in [6, 6.07) is 18.2. The van der Waals surface area contributed by atoms with Gasteiger partial charge in [0.25, 0.3) is 0 Å². The molecule has 2 unspecified atom stereocenters. The Morgan fingerprint density at radius 2 is 1.84 bits per heavy atom. The predicted molar refractivity (Wildman–Crippen MR) is 144 cm³/mol. The van der Waals surface area contributed by atoms with Gasteiger partial charge in [-0.2, -0.15) is 0 Å². The molecule has 5 nitrogen and oxygen atoms in total. The van der Waals surface area contributed by atoms with Crippen molar-refractivity contribution in [3.8, 4) is 5.75 Å². The summed E-state index contributed by atoms with van der Waals surface area (Å²) in [7, 11) is 0. The number of aliphatic hydroxyl groups excluding tert-OH is 1. The number of ether oxygens (including phenoxy) is 2. The van der Waals surface area contributed by atoms with E-state index in [1.165, 1.54) is 0 Å². The lowest BCUT2D eigenvalue weighted by Crippen LogP contribution is -2.43. The molecule has 0 bridgehead atoms. The molecule has 2 atom stereocenters. The number of rotatable bonds is 6. The minimum absolute atomic E-state index is 0.171. The number of fused-ring (bicyclic) bond motifs is 2. The molecule has 5 heteroatoms. The van der Waals surface area contributed by atoms with Gasteiger partial charge in [0.05, 0.1) is 11.1 Å². The maximum Gasteiger partial charge on any atom is 0.239 e. The van der Waals surface area contributed by atoms with Crippen molar-refractivity contribution < 1.29 is 19.4 Å². The van der Waals surface area contributed by atoms with Gasteiger partial charge in [0.2, 0.25) is 5.91 Å². The fourth-order valence-electron chi connectivity index (χ4n) is 6.13. The van der Waals surface area contributed by atoms with Gasteiger partial charge >= 0.3 is 0 Å². The lowest BCUT2D eigenvalue weighted by molar-refractivity contribution is -0.123. The van der Waals surface area contributed by atoms with Crippen LogP contribution in [-0.4, -0.2) is 23.8 Å². The number of carbonyl (C=O) groups excluding carboxylic acids is 1. The van der Waals surface area contributed by atoms with Gasteiger partial charge in [0.1, 0.15) is 24.7 Å². The van der Waals surface area contributed by atoms with Crippen LogP contribution >= 0.6 is 0 Å². The van der Waals surface area contributed by atoms with Crippen molar-refractivity contribution in [3.05, 3.63) is 93.5 Å². The average molecular weight is 498 g/mol. The number of hydrogen-bond donors (Lipinski definition) is 1. The van der Waals surface area contributed by atoms with Gasteiger partial charge in [-0.25, -0.2) is 0 Å². The van der Waals surface area contributed by atoms with Crippen LogP contribution in [0, 0.1) is 20.8 Å². The van der Waals surface area contributed by atoms with Gasteiger partial charge in [-0.1, -0.05) is 36.4 Å². The van der Waals surface area contributed by atoms with Crippen LogP contribution in [0.5, 0.6) is 5.75 Å². The van der Waals surface area contributed by atoms with E-state index in [0.29, 0.717) is 13.2 Å². The van der Waals surface area contributed by atoms with Crippen molar-refractivity contribution in [2.45, 2.75) is 77.2 Å². The SMILES string of the molecule is Cc1cc(OCc2ccccc2)c(C)c(C)c1C(O)c1ccc2c(c1)C1(CC1)C(=O)N2C1CCCCO1. The van der Waals surface area contributed by atoms with Crippen LogP contribution in [-0.2, 0) is 21.6 Å². The van der Waals surface area contributed by atoms with Crippen molar-refractivity contribution in [3.63, 3.8) is 0 Å². The predicted octanol–water partition coefficient (Wildman–Crippen LogP) is 6.18. The van der Waals surface area contributed by atoms with Crippen LogP contribution in [0.25, 0.3) is 0 Å². The largest absolute Gasteiger partial charge is 0.489 e. The molecule has 3 aromatic rings. The Hall–Kier alpha value is -3.15. The minimum Gasteiger partial charge on any atom is -0.489 e. The van der Waals surface area contributed by atoms with E-state index < -0.39 is 11.5 Å². The molecule has 3 aliphatic rings. The van der Waals surface area contributed by atoms with Gasteiger partial charge in [0, 0.05) is 6.61 Å². The number of carbonyl (C=O) groups is 1. The summed E-state index contributed by atoms with van der Waals surface area (Å²) in [6.45, 7) is 7.34. The van der Waals surface area contributed by atoms with E-state index in [4.69, 9.17) is 9.47 Å². The van der Waals surface area contributed by atoms with Crippen molar-refractivity contribution in [2.24, 2.45) is 0 Å². The molecule has 2 fully saturated rings. The van der Waals surface area contributed by atoms with Crippen LogP contribution in [0.1, 0.15) is 77.2 Å². The average Bonchev–Trinajstić information content (AvgIpc) is 3.69. The van der Waals surface area contributed by atoms with Crippen molar-refractivity contribution in [1.82, 2.24) is 0 Å². The Morgan fingerprint density at radius 1 is 1.05 bits per heavy atom. The smallest absolute Gasteiger partial charge is 0.239 e. The molecule has 0 aromatic heterocycles. The fourth-order valence-corrected chi connectivity index (χ4v) is 6.13. The molecule has 2 heterocycles. The van der Waals surface area contributed by atoms with Crippen LogP contribution in [0.4, 0.5) is 5.69 Å². The molecule has 1 aliphatic carbocycles. The number of benzene rings is 3. The number of aliphatic hydroxyl groups is 1. The molecule has 1 saturated carbocycles. The third-order valence-electron chi connectivity index (χ3n) is 8.55. The molecule has 2 aliphatic heterocycles. The summed E-state index contributed by atoms with van der Waals surface area (Å²) in [5.41, 5.74) is 7.50. The molecule has 6 rings (SSSR count).